The average Bonchev–Trinajstić information content (AvgIpc) is 2.63. The van der Waals surface area contributed by atoms with Crippen LogP contribution in [0.1, 0.15) is 35.2 Å². The zero-order valence-corrected chi connectivity index (χ0v) is 13.6. The summed E-state index contributed by atoms with van der Waals surface area (Å²) in [6.45, 7) is 2.18. The normalized spacial score (nSPS) is 20.5. The third-order valence-corrected chi connectivity index (χ3v) is 4.68. The first kappa shape index (κ1) is 16.1. The van der Waals surface area contributed by atoms with Crippen molar-refractivity contribution in [1.82, 2.24) is 0 Å². The van der Waals surface area contributed by atoms with Crippen molar-refractivity contribution in [3.05, 3.63) is 90.0 Å². The van der Waals surface area contributed by atoms with Gasteiger partial charge in [0, 0.05) is 11.6 Å². The lowest BCUT2D eigenvalue weighted by atomic mass is 9.76. The lowest BCUT2D eigenvalue weighted by Gasteiger charge is -2.39. The molecular formula is C21H21NO2. The van der Waals surface area contributed by atoms with E-state index in [-0.39, 0.29) is 11.5 Å². The van der Waals surface area contributed by atoms with Crippen molar-refractivity contribution in [1.29, 1.82) is 0 Å². The van der Waals surface area contributed by atoms with E-state index in [4.69, 9.17) is 5.11 Å². The van der Waals surface area contributed by atoms with Gasteiger partial charge in [0.15, 0.2) is 0 Å². The van der Waals surface area contributed by atoms with Crippen LogP contribution >= 0.6 is 0 Å². The fourth-order valence-electron chi connectivity index (χ4n) is 3.16. The maximum atomic E-state index is 11.1. The largest absolute Gasteiger partial charge is 0.478 e. The second-order valence-corrected chi connectivity index (χ2v) is 6.17. The number of rotatable bonds is 5. The molecule has 2 unspecified atom stereocenters. The van der Waals surface area contributed by atoms with Gasteiger partial charge in [-0.05, 0) is 36.2 Å². The summed E-state index contributed by atoms with van der Waals surface area (Å²) in [7, 11) is 0. The molecular weight excluding hydrogens is 298 g/mol. The van der Waals surface area contributed by atoms with Crippen LogP contribution in [0.25, 0.3) is 0 Å². The SMILES string of the molecule is CC(c1ccc(C(=O)O)cc1)C1(Nc2ccccc2)C=CC=CC1. The van der Waals surface area contributed by atoms with Crippen LogP contribution in [0.4, 0.5) is 5.69 Å². The minimum Gasteiger partial charge on any atom is -0.478 e. The Morgan fingerprint density at radius 3 is 2.38 bits per heavy atom. The highest BCUT2D eigenvalue weighted by Gasteiger charge is 2.34. The van der Waals surface area contributed by atoms with Crippen LogP contribution in [-0.2, 0) is 0 Å². The van der Waals surface area contributed by atoms with Crippen molar-refractivity contribution in [3.63, 3.8) is 0 Å². The number of para-hydroxylation sites is 1. The van der Waals surface area contributed by atoms with E-state index >= 15 is 0 Å². The molecule has 0 aliphatic heterocycles. The van der Waals surface area contributed by atoms with Crippen LogP contribution < -0.4 is 5.32 Å². The van der Waals surface area contributed by atoms with Crippen molar-refractivity contribution >= 4 is 11.7 Å². The molecule has 0 bridgehead atoms. The van der Waals surface area contributed by atoms with E-state index in [2.05, 4.69) is 48.7 Å². The lowest BCUT2D eigenvalue weighted by Crippen LogP contribution is -2.41. The second-order valence-electron chi connectivity index (χ2n) is 6.17. The van der Waals surface area contributed by atoms with Gasteiger partial charge in [-0.1, -0.05) is 61.6 Å². The highest BCUT2D eigenvalue weighted by atomic mass is 16.4. The number of carbonyl (C=O) groups is 1. The second kappa shape index (κ2) is 6.75. The van der Waals surface area contributed by atoms with Gasteiger partial charge in [0.05, 0.1) is 11.1 Å². The zero-order chi connectivity index (χ0) is 17.0. The minimum atomic E-state index is -0.896. The van der Waals surface area contributed by atoms with Gasteiger partial charge in [0.1, 0.15) is 0 Å². The molecule has 3 rings (SSSR count). The first-order valence-electron chi connectivity index (χ1n) is 8.11. The predicted octanol–water partition coefficient (Wildman–Crippen LogP) is 4.86. The number of benzene rings is 2. The summed E-state index contributed by atoms with van der Waals surface area (Å²) < 4.78 is 0. The van der Waals surface area contributed by atoms with E-state index in [0.29, 0.717) is 5.56 Å². The Kier molecular flexibility index (Phi) is 4.52. The van der Waals surface area contributed by atoms with E-state index in [0.717, 1.165) is 17.7 Å². The maximum absolute atomic E-state index is 11.1. The molecule has 0 saturated heterocycles. The van der Waals surface area contributed by atoms with Crippen LogP contribution in [0.5, 0.6) is 0 Å². The summed E-state index contributed by atoms with van der Waals surface area (Å²) in [6, 6.07) is 17.3. The molecule has 0 saturated carbocycles. The number of allylic oxidation sites excluding steroid dienone is 2. The Bertz CT molecular complexity index is 762. The maximum Gasteiger partial charge on any atom is 0.335 e. The molecule has 0 heterocycles. The Morgan fingerprint density at radius 2 is 1.79 bits per heavy atom. The van der Waals surface area contributed by atoms with E-state index in [1.807, 2.05) is 30.3 Å². The molecule has 2 aromatic carbocycles. The third-order valence-electron chi connectivity index (χ3n) is 4.68. The van der Waals surface area contributed by atoms with Gasteiger partial charge < -0.3 is 10.4 Å². The van der Waals surface area contributed by atoms with Crippen molar-refractivity contribution in [3.8, 4) is 0 Å². The molecule has 0 fully saturated rings. The quantitative estimate of drug-likeness (QED) is 0.828. The van der Waals surface area contributed by atoms with E-state index in [9.17, 15) is 4.79 Å². The van der Waals surface area contributed by atoms with Gasteiger partial charge in [-0.15, -0.1) is 0 Å². The predicted molar refractivity (Wildman–Crippen MR) is 97.5 cm³/mol. The number of aromatic carboxylic acids is 1. The minimum absolute atomic E-state index is 0.182. The number of hydrogen-bond acceptors (Lipinski definition) is 2. The van der Waals surface area contributed by atoms with Crippen molar-refractivity contribution in [2.24, 2.45) is 0 Å². The monoisotopic (exact) mass is 319 g/mol. The Balaban J connectivity index is 1.92. The number of carboxylic acids is 1. The van der Waals surface area contributed by atoms with Crippen molar-refractivity contribution in [2.45, 2.75) is 24.8 Å². The highest BCUT2D eigenvalue weighted by molar-refractivity contribution is 5.87. The number of nitrogens with one attached hydrogen (secondary N) is 1. The van der Waals surface area contributed by atoms with E-state index < -0.39 is 5.97 Å². The van der Waals surface area contributed by atoms with E-state index in [1.165, 1.54) is 0 Å². The fraction of sp³-hybridized carbons (Fsp3) is 0.190. The molecule has 2 N–H and O–H groups in total. The molecule has 2 aromatic rings. The smallest absolute Gasteiger partial charge is 0.335 e. The van der Waals surface area contributed by atoms with Crippen LogP contribution in [0.3, 0.4) is 0 Å². The Labute approximate surface area is 142 Å². The summed E-state index contributed by atoms with van der Waals surface area (Å²) in [5, 5.41) is 12.8. The van der Waals surface area contributed by atoms with Crippen molar-refractivity contribution in [2.75, 3.05) is 5.32 Å². The van der Waals surface area contributed by atoms with Crippen LogP contribution in [0, 0.1) is 0 Å². The molecule has 1 aliphatic carbocycles. The fourth-order valence-corrected chi connectivity index (χ4v) is 3.16. The molecule has 0 aromatic heterocycles. The summed E-state index contributed by atoms with van der Waals surface area (Å²) in [6.07, 6.45) is 9.38. The highest BCUT2D eigenvalue weighted by Crippen LogP contribution is 2.37. The summed E-state index contributed by atoms with van der Waals surface area (Å²) >= 11 is 0. The van der Waals surface area contributed by atoms with E-state index in [1.54, 1.807) is 12.1 Å². The number of anilines is 1. The Hall–Kier alpha value is -2.81. The molecule has 3 heteroatoms. The first-order valence-corrected chi connectivity index (χ1v) is 8.11. The van der Waals surface area contributed by atoms with Crippen LogP contribution in [-0.4, -0.2) is 16.6 Å². The standard InChI is InChI=1S/C21H21NO2/c1-16(17-10-12-18(13-11-17)20(23)24)21(14-6-3-7-15-21)22-19-8-4-2-5-9-19/h2-14,16,22H,15H2,1H3,(H,23,24). The van der Waals surface area contributed by atoms with Crippen molar-refractivity contribution < 1.29 is 9.90 Å². The zero-order valence-electron chi connectivity index (χ0n) is 13.6. The van der Waals surface area contributed by atoms with Gasteiger partial charge in [0.2, 0.25) is 0 Å². The molecule has 1 aliphatic rings. The van der Waals surface area contributed by atoms with Gasteiger partial charge in [-0.2, -0.15) is 0 Å². The summed E-state index contributed by atoms with van der Waals surface area (Å²) in [5.74, 6) is -0.714. The topological polar surface area (TPSA) is 49.3 Å². The van der Waals surface area contributed by atoms with Crippen LogP contribution in [0.2, 0.25) is 0 Å². The third kappa shape index (κ3) is 3.25. The number of carboxylic acid groups (broad SMARTS) is 1. The summed E-state index contributed by atoms with van der Waals surface area (Å²) in [4.78, 5) is 11.1. The van der Waals surface area contributed by atoms with Gasteiger partial charge in [-0.3, -0.25) is 0 Å². The molecule has 2 atom stereocenters. The average molecular weight is 319 g/mol. The molecule has 0 spiro atoms. The number of hydrogen-bond donors (Lipinski definition) is 2. The Morgan fingerprint density at radius 1 is 1.08 bits per heavy atom. The lowest BCUT2D eigenvalue weighted by molar-refractivity contribution is 0.0697. The molecule has 122 valence electrons. The summed E-state index contributed by atoms with van der Waals surface area (Å²) in [5.41, 5.74) is 2.27. The molecule has 0 radical (unpaired) electrons. The molecule has 24 heavy (non-hydrogen) atoms. The van der Waals surface area contributed by atoms with Gasteiger partial charge in [-0.25, -0.2) is 4.79 Å². The molecule has 0 amide bonds. The van der Waals surface area contributed by atoms with Gasteiger partial charge >= 0.3 is 5.97 Å². The first-order chi connectivity index (χ1) is 11.6. The van der Waals surface area contributed by atoms with Crippen LogP contribution in [0.15, 0.2) is 78.9 Å². The van der Waals surface area contributed by atoms with Gasteiger partial charge in [0.25, 0.3) is 0 Å². The molecule has 3 nitrogen and oxygen atoms in total.